The lowest BCUT2D eigenvalue weighted by molar-refractivity contribution is -0.0511. The summed E-state index contributed by atoms with van der Waals surface area (Å²) in [4.78, 5) is 14.3. The maximum absolute atomic E-state index is 10.2. The highest BCUT2D eigenvalue weighted by Crippen LogP contribution is 2.30. The van der Waals surface area contributed by atoms with Crippen molar-refractivity contribution < 1.29 is 24.9 Å². The van der Waals surface area contributed by atoms with Crippen molar-refractivity contribution >= 4 is 11.2 Å². The molecule has 3 heterocycles. The maximum Gasteiger partial charge on any atom is 0.192 e. The van der Waals surface area contributed by atoms with Gasteiger partial charge in [-0.05, 0) is 12.5 Å². The Hall–Kier alpha value is -2.79. The lowest BCUT2D eigenvalue weighted by atomic mass is 10.1. The summed E-state index contributed by atoms with van der Waals surface area (Å²) in [6, 6.07) is 9.59. The lowest BCUT2D eigenvalue weighted by Crippen LogP contribution is -2.33. The predicted molar refractivity (Wildman–Crippen MR) is 95.8 cm³/mol. The molecule has 5 atom stereocenters. The van der Waals surface area contributed by atoms with Gasteiger partial charge in [0.2, 0.25) is 0 Å². The molecule has 10 nitrogen and oxygen atoms in total. The van der Waals surface area contributed by atoms with E-state index in [9.17, 15) is 15.3 Å². The second-order valence-corrected chi connectivity index (χ2v) is 6.63. The molecule has 1 aromatic carbocycles. The Labute approximate surface area is 159 Å². The van der Waals surface area contributed by atoms with E-state index in [0.717, 1.165) is 5.56 Å². The van der Waals surface area contributed by atoms with E-state index in [2.05, 4.69) is 9.97 Å². The van der Waals surface area contributed by atoms with Crippen LogP contribution in [0.2, 0.25) is 0 Å². The van der Waals surface area contributed by atoms with Crippen LogP contribution in [0.3, 0.4) is 0 Å². The molecule has 4 rings (SSSR count). The number of aliphatic hydroxyl groups is 3. The quantitative estimate of drug-likeness (QED) is 0.463. The first kappa shape index (κ1) is 18.6. The third-order valence-corrected chi connectivity index (χ3v) is 4.83. The van der Waals surface area contributed by atoms with Crippen LogP contribution < -0.4 is 10.3 Å². The van der Waals surface area contributed by atoms with Gasteiger partial charge in [-0.3, -0.25) is 9.98 Å². The summed E-state index contributed by atoms with van der Waals surface area (Å²) in [5.41, 5.74) is 1.48. The van der Waals surface area contributed by atoms with Crippen molar-refractivity contribution in [3.63, 3.8) is 0 Å². The Kier molecular flexibility index (Phi) is 4.85. The molecule has 3 aromatic rings. The molecule has 0 bridgehead atoms. The zero-order chi connectivity index (χ0) is 19.8. The fourth-order valence-electron chi connectivity index (χ4n) is 3.25. The fraction of sp³-hybridized carbons (Fsp3) is 0.389. The van der Waals surface area contributed by atoms with Crippen LogP contribution in [-0.2, 0) is 4.74 Å². The Morgan fingerprint density at radius 1 is 1.18 bits per heavy atom. The number of aliphatic hydroxyl groups excluding tert-OH is 3. The molecular weight excluding hydrogens is 366 g/mol. The number of ether oxygens (including phenoxy) is 1. The van der Waals surface area contributed by atoms with Crippen molar-refractivity contribution in [3.8, 4) is 0 Å². The van der Waals surface area contributed by atoms with Crippen LogP contribution >= 0.6 is 0 Å². The first-order valence-corrected chi connectivity index (χ1v) is 8.84. The SMILES string of the molecule is CC(On1cnc2c(ncn2[C@@H]2O[C@H](CO)[C@@H](O)[C@H]2O)c1=N)c1ccccc1. The van der Waals surface area contributed by atoms with Crippen molar-refractivity contribution in [3.05, 3.63) is 54.0 Å². The smallest absolute Gasteiger partial charge is 0.192 e. The van der Waals surface area contributed by atoms with Gasteiger partial charge >= 0.3 is 0 Å². The number of nitrogens with zero attached hydrogens (tertiary/aromatic N) is 4. The van der Waals surface area contributed by atoms with E-state index in [1.54, 1.807) is 0 Å². The Balaban J connectivity index is 1.64. The van der Waals surface area contributed by atoms with Crippen molar-refractivity contribution in [1.29, 1.82) is 5.41 Å². The van der Waals surface area contributed by atoms with Crippen LogP contribution in [0.25, 0.3) is 11.2 Å². The molecule has 10 heteroatoms. The van der Waals surface area contributed by atoms with Gasteiger partial charge in [0, 0.05) is 0 Å². The highest BCUT2D eigenvalue weighted by atomic mass is 16.7. The van der Waals surface area contributed by atoms with E-state index in [1.807, 2.05) is 37.3 Å². The molecule has 148 valence electrons. The molecule has 0 saturated carbocycles. The van der Waals surface area contributed by atoms with E-state index < -0.39 is 31.1 Å². The molecule has 28 heavy (non-hydrogen) atoms. The van der Waals surface area contributed by atoms with Gasteiger partial charge in [0.25, 0.3) is 0 Å². The molecule has 0 amide bonds. The van der Waals surface area contributed by atoms with Gasteiger partial charge in [-0.25, -0.2) is 9.97 Å². The number of hydrogen-bond acceptors (Lipinski definition) is 8. The van der Waals surface area contributed by atoms with Crippen LogP contribution in [0.1, 0.15) is 24.8 Å². The molecule has 2 aromatic heterocycles. The standard InChI is InChI=1S/C18H21N5O5/c1-10(11-5-3-2-4-6-11)28-23-9-21-17-13(16(23)19)20-8-22(17)18-15(26)14(25)12(7-24)27-18/h2-6,8-10,12,14-15,18-19,24-26H,7H2,1H3/t10?,12-,14-,15-,18-/m1/s1. The van der Waals surface area contributed by atoms with Gasteiger partial charge in [0.1, 0.15) is 30.7 Å². The second-order valence-electron chi connectivity index (χ2n) is 6.63. The number of nitrogens with one attached hydrogen (secondary N) is 1. The van der Waals surface area contributed by atoms with E-state index in [0.29, 0.717) is 5.65 Å². The van der Waals surface area contributed by atoms with Gasteiger partial charge in [0.05, 0.1) is 12.9 Å². The molecule has 1 saturated heterocycles. The van der Waals surface area contributed by atoms with Crippen molar-refractivity contribution in [2.75, 3.05) is 6.61 Å². The molecule has 1 fully saturated rings. The van der Waals surface area contributed by atoms with E-state index in [4.69, 9.17) is 15.0 Å². The first-order valence-electron chi connectivity index (χ1n) is 8.84. The predicted octanol–water partition coefficient (Wildman–Crippen LogP) is -0.486. The Bertz CT molecular complexity index is 1020. The number of rotatable bonds is 5. The number of hydrogen-bond donors (Lipinski definition) is 4. The normalized spacial score (nSPS) is 25.9. The molecule has 1 aliphatic heterocycles. The second kappa shape index (κ2) is 7.32. The van der Waals surface area contributed by atoms with Gasteiger partial charge < -0.3 is 24.9 Å². The fourth-order valence-corrected chi connectivity index (χ4v) is 3.25. The number of benzene rings is 1. The Morgan fingerprint density at radius 2 is 1.93 bits per heavy atom. The van der Waals surface area contributed by atoms with Crippen LogP contribution in [0.15, 0.2) is 43.0 Å². The molecule has 1 aliphatic rings. The molecule has 4 N–H and O–H groups in total. The monoisotopic (exact) mass is 387 g/mol. The minimum Gasteiger partial charge on any atom is -0.403 e. The number of aromatic nitrogens is 4. The highest BCUT2D eigenvalue weighted by Gasteiger charge is 2.44. The zero-order valence-electron chi connectivity index (χ0n) is 15.1. The largest absolute Gasteiger partial charge is 0.403 e. The average Bonchev–Trinajstić information content (AvgIpc) is 3.26. The number of imidazole rings is 1. The lowest BCUT2D eigenvalue weighted by Gasteiger charge is -2.18. The maximum atomic E-state index is 10.2. The summed E-state index contributed by atoms with van der Waals surface area (Å²) in [5.74, 6) is 0. The summed E-state index contributed by atoms with van der Waals surface area (Å²) in [5, 5.41) is 37.8. The van der Waals surface area contributed by atoms with E-state index in [1.165, 1.54) is 22.0 Å². The van der Waals surface area contributed by atoms with Crippen LogP contribution in [-0.4, -0.2) is 59.5 Å². The molecule has 1 unspecified atom stereocenters. The highest BCUT2D eigenvalue weighted by molar-refractivity contribution is 5.68. The topological polar surface area (TPSA) is 139 Å². The minimum absolute atomic E-state index is 0.0155. The summed E-state index contributed by atoms with van der Waals surface area (Å²) in [6.45, 7) is 1.44. The molecular formula is C18H21N5O5. The third-order valence-electron chi connectivity index (χ3n) is 4.83. The minimum atomic E-state index is -1.26. The Morgan fingerprint density at radius 3 is 2.61 bits per heavy atom. The van der Waals surface area contributed by atoms with Crippen LogP contribution in [0.5, 0.6) is 0 Å². The third kappa shape index (κ3) is 3.06. The summed E-state index contributed by atoms with van der Waals surface area (Å²) in [7, 11) is 0. The average molecular weight is 387 g/mol. The van der Waals surface area contributed by atoms with Crippen molar-refractivity contribution in [2.24, 2.45) is 0 Å². The molecule has 0 spiro atoms. The van der Waals surface area contributed by atoms with Gasteiger partial charge in [-0.15, -0.1) is 0 Å². The van der Waals surface area contributed by atoms with E-state index in [-0.39, 0.29) is 17.1 Å². The van der Waals surface area contributed by atoms with Crippen LogP contribution in [0.4, 0.5) is 0 Å². The summed E-state index contributed by atoms with van der Waals surface area (Å²) >= 11 is 0. The van der Waals surface area contributed by atoms with Gasteiger partial charge in [0.15, 0.2) is 22.9 Å². The molecule has 0 radical (unpaired) electrons. The van der Waals surface area contributed by atoms with Gasteiger partial charge in [-0.2, -0.15) is 4.73 Å². The zero-order valence-corrected chi connectivity index (χ0v) is 15.1. The van der Waals surface area contributed by atoms with Crippen LogP contribution in [0, 0.1) is 5.41 Å². The number of fused-ring (bicyclic) bond motifs is 1. The molecule has 0 aliphatic carbocycles. The first-order chi connectivity index (χ1) is 13.5. The van der Waals surface area contributed by atoms with Crippen molar-refractivity contribution in [2.45, 2.75) is 37.6 Å². The van der Waals surface area contributed by atoms with Crippen molar-refractivity contribution in [1.82, 2.24) is 19.3 Å². The summed E-state index contributed by atoms with van der Waals surface area (Å²) in [6.07, 6.45) is -1.94. The summed E-state index contributed by atoms with van der Waals surface area (Å²) < 4.78 is 8.18. The van der Waals surface area contributed by atoms with E-state index >= 15 is 0 Å². The van der Waals surface area contributed by atoms with Gasteiger partial charge in [-0.1, -0.05) is 30.3 Å².